The Labute approximate surface area is 119 Å². The molecule has 0 bridgehead atoms. The van der Waals surface area contributed by atoms with Crippen LogP contribution in [-0.2, 0) is 9.53 Å². The van der Waals surface area contributed by atoms with Gasteiger partial charge in [0.1, 0.15) is 17.2 Å². The molecule has 0 aliphatic rings. The Balaban J connectivity index is 2.86. The van der Waals surface area contributed by atoms with Crippen molar-refractivity contribution in [3.05, 3.63) is 35.4 Å². The van der Waals surface area contributed by atoms with Crippen molar-refractivity contribution in [2.75, 3.05) is 0 Å². The summed E-state index contributed by atoms with van der Waals surface area (Å²) in [7, 11) is 0. The van der Waals surface area contributed by atoms with Gasteiger partial charge < -0.3 is 4.74 Å². The number of carbonyl (C=O) groups excluding carboxylic acids is 1. The Bertz CT molecular complexity index is 444. The average Bonchev–Trinajstić information content (AvgIpc) is 2.24. The van der Waals surface area contributed by atoms with Crippen LogP contribution in [0.25, 0.3) is 0 Å². The molecule has 0 N–H and O–H groups in total. The summed E-state index contributed by atoms with van der Waals surface area (Å²) in [6.07, 6.45) is 1.64. The van der Waals surface area contributed by atoms with Gasteiger partial charge in [0.05, 0.1) is 6.42 Å². The van der Waals surface area contributed by atoms with E-state index in [0.29, 0.717) is 12.0 Å². The van der Waals surface area contributed by atoms with Gasteiger partial charge in [-0.1, -0.05) is 13.3 Å². The zero-order valence-corrected chi connectivity index (χ0v) is 12.5. The van der Waals surface area contributed by atoms with Gasteiger partial charge >= 0.3 is 5.97 Å². The number of carbonyl (C=O) groups is 1. The summed E-state index contributed by atoms with van der Waals surface area (Å²) in [6.45, 7) is 7.35. The molecule has 0 amide bonds. The van der Waals surface area contributed by atoms with E-state index in [-0.39, 0.29) is 18.3 Å². The molecule has 1 rings (SSSR count). The SMILES string of the molecule is CCCC(CC(=O)OC(C)(C)C)c1cc(F)cc(F)c1. The molecular formula is C16H22F2O2. The summed E-state index contributed by atoms with van der Waals surface area (Å²) in [6, 6.07) is 3.40. The highest BCUT2D eigenvalue weighted by Gasteiger charge is 2.22. The van der Waals surface area contributed by atoms with Crippen molar-refractivity contribution >= 4 is 5.97 Å². The molecule has 0 aromatic heterocycles. The van der Waals surface area contributed by atoms with Crippen LogP contribution in [-0.4, -0.2) is 11.6 Å². The van der Waals surface area contributed by atoms with Crippen LogP contribution >= 0.6 is 0 Å². The molecule has 0 fully saturated rings. The largest absolute Gasteiger partial charge is 0.460 e. The Morgan fingerprint density at radius 3 is 2.20 bits per heavy atom. The van der Waals surface area contributed by atoms with Gasteiger partial charge in [-0.3, -0.25) is 4.79 Å². The Hall–Kier alpha value is -1.45. The van der Waals surface area contributed by atoms with Crippen molar-refractivity contribution in [2.45, 2.75) is 58.5 Å². The maximum absolute atomic E-state index is 13.3. The Morgan fingerprint density at radius 1 is 1.20 bits per heavy atom. The molecular weight excluding hydrogens is 262 g/mol. The van der Waals surface area contributed by atoms with E-state index >= 15 is 0 Å². The molecule has 0 spiro atoms. The van der Waals surface area contributed by atoms with Crippen LogP contribution in [0.4, 0.5) is 8.78 Å². The maximum Gasteiger partial charge on any atom is 0.306 e. The lowest BCUT2D eigenvalue weighted by atomic mass is 9.91. The lowest BCUT2D eigenvalue weighted by molar-refractivity contribution is -0.155. The summed E-state index contributed by atoms with van der Waals surface area (Å²) in [5.41, 5.74) is -0.0451. The second-order valence-electron chi connectivity index (χ2n) is 5.98. The topological polar surface area (TPSA) is 26.3 Å². The molecule has 112 valence electrons. The fourth-order valence-corrected chi connectivity index (χ4v) is 2.13. The van der Waals surface area contributed by atoms with E-state index in [4.69, 9.17) is 4.74 Å². The van der Waals surface area contributed by atoms with Crippen LogP contribution in [0.3, 0.4) is 0 Å². The third-order valence-electron chi connectivity index (χ3n) is 2.83. The van der Waals surface area contributed by atoms with Gasteiger partial charge in [-0.15, -0.1) is 0 Å². The van der Waals surface area contributed by atoms with Crippen LogP contribution in [0, 0.1) is 11.6 Å². The molecule has 0 heterocycles. The predicted octanol–water partition coefficient (Wildman–Crippen LogP) is 4.58. The lowest BCUT2D eigenvalue weighted by Gasteiger charge is -2.22. The first-order chi connectivity index (χ1) is 9.21. The van der Waals surface area contributed by atoms with E-state index in [1.807, 2.05) is 6.92 Å². The second kappa shape index (κ2) is 6.82. The molecule has 0 aliphatic heterocycles. The Kier molecular flexibility index (Phi) is 5.66. The van der Waals surface area contributed by atoms with Gasteiger partial charge in [0, 0.05) is 6.07 Å². The number of halogens is 2. The van der Waals surface area contributed by atoms with Gasteiger partial charge in [0.25, 0.3) is 0 Å². The smallest absolute Gasteiger partial charge is 0.306 e. The zero-order valence-electron chi connectivity index (χ0n) is 12.5. The van der Waals surface area contributed by atoms with E-state index in [1.165, 1.54) is 12.1 Å². The molecule has 20 heavy (non-hydrogen) atoms. The monoisotopic (exact) mass is 284 g/mol. The van der Waals surface area contributed by atoms with E-state index in [9.17, 15) is 13.6 Å². The minimum absolute atomic E-state index is 0.133. The van der Waals surface area contributed by atoms with Gasteiger partial charge in [0.2, 0.25) is 0 Å². The van der Waals surface area contributed by atoms with Gasteiger partial charge in [-0.25, -0.2) is 8.78 Å². The highest BCUT2D eigenvalue weighted by Crippen LogP contribution is 2.27. The Morgan fingerprint density at radius 2 is 1.75 bits per heavy atom. The van der Waals surface area contributed by atoms with Crippen molar-refractivity contribution in [1.82, 2.24) is 0 Å². The summed E-state index contributed by atoms with van der Waals surface area (Å²) < 4.78 is 31.8. The minimum atomic E-state index is -0.620. The van der Waals surface area contributed by atoms with E-state index in [0.717, 1.165) is 12.5 Å². The summed E-state index contributed by atoms with van der Waals surface area (Å²) in [5.74, 6) is -1.81. The van der Waals surface area contributed by atoms with Crippen LogP contribution in [0.2, 0.25) is 0 Å². The molecule has 1 aromatic rings. The molecule has 2 nitrogen and oxygen atoms in total. The molecule has 0 saturated carbocycles. The number of esters is 1. The maximum atomic E-state index is 13.3. The lowest BCUT2D eigenvalue weighted by Crippen LogP contribution is -2.25. The third-order valence-corrected chi connectivity index (χ3v) is 2.83. The highest BCUT2D eigenvalue weighted by molar-refractivity contribution is 5.71. The first kappa shape index (κ1) is 16.6. The first-order valence-electron chi connectivity index (χ1n) is 6.89. The molecule has 4 heteroatoms. The van der Waals surface area contributed by atoms with Crippen molar-refractivity contribution in [2.24, 2.45) is 0 Å². The number of rotatable bonds is 5. The molecule has 0 aliphatic carbocycles. The predicted molar refractivity (Wildman–Crippen MR) is 74.5 cm³/mol. The van der Waals surface area contributed by atoms with Crippen molar-refractivity contribution in [3.63, 3.8) is 0 Å². The van der Waals surface area contributed by atoms with Crippen molar-refractivity contribution in [3.8, 4) is 0 Å². The summed E-state index contributed by atoms with van der Waals surface area (Å²) in [4.78, 5) is 11.9. The normalized spacial score (nSPS) is 13.1. The molecule has 0 saturated heterocycles. The molecule has 1 aromatic carbocycles. The quantitative estimate of drug-likeness (QED) is 0.740. The fraction of sp³-hybridized carbons (Fsp3) is 0.562. The van der Waals surface area contributed by atoms with E-state index in [2.05, 4.69) is 0 Å². The second-order valence-corrected chi connectivity index (χ2v) is 5.98. The number of hydrogen-bond acceptors (Lipinski definition) is 2. The van der Waals surface area contributed by atoms with Gasteiger partial charge in [0.15, 0.2) is 0 Å². The molecule has 1 unspecified atom stereocenters. The fourth-order valence-electron chi connectivity index (χ4n) is 2.13. The van der Waals surface area contributed by atoms with E-state index in [1.54, 1.807) is 20.8 Å². The van der Waals surface area contributed by atoms with Crippen LogP contribution in [0.5, 0.6) is 0 Å². The molecule has 0 radical (unpaired) electrons. The standard InChI is InChI=1S/C16H22F2O2/c1-5-6-11(9-15(19)20-16(2,3)4)12-7-13(17)10-14(18)8-12/h7-8,10-11H,5-6,9H2,1-4H3. The van der Waals surface area contributed by atoms with Gasteiger partial charge in [-0.2, -0.15) is 0 Å². The van der Waals surface area contributed by atoms with E-state index < -0.39 is 17.2 Å². The van der Waals surface area contributed by atoms with Crippen LogP contribution < -0.4 is 0 Å². The van der Waals surface area contributed by atoms with Crippen LogP contribution in [0.1, 0.15) is 58.4 Å². The number of hydrogen-bond donors (Lipinski definition) is 0. The van der Waals surface area contributed by atoms with Crippen molar-refractivity contribution in [1.29, 1.82) is 0 Å². The average molecular weight is 284 g/mol. The summed E-state index contributed by atoms with van der Waals surface area (Å²) in [5, 5.41) is 0. The zero-order chi connectivity index (χ0) is 15.3. The number of ether oxygens (including phenoxy) is 1. The first-order valence-corrected chi connectivity index (χ1v) is 6.89. The summed E-state index contributed by atoms with van der Waals surface area (Å²) >= 11 is 0. The molecule has 1 atom stereocenters. The highest BCUT2D eigenvalue weighted by atomic mass is 19.1. The third kappa shape index (κ3) is 5.68. The number of benzene rings is 1. The van der Waals surface area contributed by atoms with Crippen LogP contribution in [0.15, 0.2) is 18.2 Å². The van der Waals surface area contributed by atoms with Crippen molar-refractivity contribution < 1.29 is 18.3 Å². The van der Waals surface area contributed by atoms with Gasteiger partial charge in [-0.05, 0) is 50.8 Å². The minimum Gasteiger partial charge on any atom is -0.460 e.